The Morgan fingerprint density at radius 2 is 2.33 bits per heavy atom. The molecule has 6 nitrogen and oxygen atoms in total. The monoisotopic (exact) mass is 247 g/mol. The lowest BCUT2D eigenvalue weighted by molar-refractivity contribution is -0.122. The van der Waals surface area contributed by atoms with Crippen LogP contribution in [0.15, 0.2) is 23.0 Å². The second-order valence-corrected chi connectivity index (χ2v) is 3.85. The molecule has 6 heteroatoms. The molecule has 0 radical (unpaired) electrons. The van der Waals surface area contributed by atoms with E-state index in [1.807, 2.05) is 6.92 Å². The molecule has 2 aromatic heterocycles. The van der Waals surface area contributed by atoms with Gasteiger partial charge in [0.2, 0.25) is 11.7 Å². The zero-order valence-corrected chi connectivity index (χ0v) is 10.2. The van der Waals surface area contributed by atoms with E-state index < -0.39 is 0 Å². The third-order valence-electron chi connectivity index (χ3n) is 2.38. The van der Waals surface area contributed by atoms with Crippen molar-refractivity contribution >= 4 is 5.78 Å². The van der Waals surface area contributed by atoms with Gasteiger partial charge in [-0.1, -0.05) is 5.16 Å². The van der Waals surface area contributed by atoms with E-state index in [1.165, 1.54) is 7.11 Å². The first-order valence-electron chi connectivity index (χ1n) is 5.45. The van der Waals surface area contributed by atoms with Crippen molar-refractivity contribution in [2.24, 2.45) is 0 Å². The first-order valence-corrected chi connectivity index (χ1v) is 5.45. The van der Waals surface area contributed by atoms with Crippen LogP contribution >= 0.6 is 0 Å². The molecule has 2 heterocycles. The van der Waals surface area contributed by atoms with Gasteiger partial charge in [-0.25, -0.2) is 0 Å². The number of nitrogens with zero attached hydrogens (tertiary/aromatic N) is 3. The van der Waals surface area contributed by atoms with Gasteiger partial charge in [0.25, 0.3) is 0 Å². The second-order valence-electron chi connectivity index (χ2n) is 3.85. The maximum absolute atomic E-state index is 11.4. The molecule has 0 fully saturated rings. The summed E-state index contributed by atoms with van der Waals surface area (Å²) in [5.74, 6) is 0.664. The standard InChI is InChI=1S/C12H13N3O3/c1-8-6-13-4-3-10(8)12-14-11(18-15-12)5-9(16)7-17-2/h3-4,6H,5,7H2,1-2H3. The lowest BCUT2D eigenvalue weighted by atomic mass is 10.1. The molecule has 0 atom stereocenters. The maximum Gasteiger partial charge on any atom is 0.234 e. The van der Waals surface area contributed by atoms with Crippen molar-refractivity contribution in [3.05, 3.63) is 29.9 Å². The van der Waals surface area contributed by atoms with Crippen LogP contribution in [0.4, 0.5) is 0 Å². The smallest absolute Gasteiger partial charge is 0.234 e. The number of carbonyl (C=O) groups is 1. The lowest BCUT2D eigenvalue weighted by Gasteiger charge is -1.97. The van der Waals surface area contributed by atoms with E-state index in [-0.39, 0.29) is 18.8 Å². The maximum atomic E-state index is 11.4. The van der Waals surface area contributed by atoms with E-state index in [2.05, 4.69) is 15.1 Å². The van der Waals surface area contributed by atoms with Crippen LogP contribution in [0, 0.1) is 6.92 Å². The van der Waals surface area contributed by atoms with Crippen molar-refractivity contribution in [2.45, 2.75) is 13.3 Å². The summed E-state index contributed by atoms with van der Waals surface area (Å²) in [4.78, 5) is 19.5. The SMILES string of the molecule is COCC(=O)Cc1nc(-c2ccncc2C)no1. The van der Waals surface area contributed by atoms with Crippen LogP contribution in [0.5, 0.6) is 0 Å². The van der Waals surface area contributed by atoms with Gasteiger partial charge in [0.15, 0.2) is 5.78 Å². The Balaban J connectivity index is 2.16. The number of Topliss-reactive ketones (excluding diaryl/α,β-unsaturated/α-hetero) is 1. The molecule has 0 bridgehead atoms. The molecule has 0 saturated carbocycles. The normalized spacial score (nSPS) is 10.6. The van der Waals surface area contributed by atoms with Crippen LogP contribution in [0.3, 0.4) is 0 Å². The van der Waals surface area contributed by atoms with E-state index in [0.29, 0.717) is 11.7 Å². The summed E-state index contributed by atoms with van der Waals surface area (Å²) in [6, 6.07) is 1.81. The molecule has 2 aromatic rings. The van der Waals surface area contributed by atoms with Gasteiger partial charge >= 0.3 is 0 Å². The summed E-state index contributed by atoms with van der Waals surface area (Å²) in [6.07, 6.45) is 3.47. The minimum absolute atomic E-state index is 0.0476. The topological polar surface area (TPSA) is 78.1 Å². The fraction of sp³-hybridized carbons (Fsp3) is 0.333. The number of carbonyl (C=O) groups excluding carboxylic acids is 1. The van der Waals surface area contributed by atoms with Crippen molar-refractivity contribution in [3.63, 3.8) is 0 Å². The van der Waals surface area contributed by atoms with E-state index in [9.17, 15) is 4.79 Å². The van der Waals surface area contributed by atoms with Crippen molar-refractivity contribution < 1.29 is 14.1 Å². The molecule has 0 unspecified atom stereocenters. The fourth-order valence-electron chi connectivity index (χ4n) is 1.54. The molecule has 94 valence electrons. The molecular weight excluding hydrogens is 234 g/mol. The predicted octanol–water partition coefficient (Wildman–Crippen LogP) is 1.20. The average molecular weight is 247 g/mol. The molecular formula is C12H13N3O3. The summed E-state index contributed by atoms with van der Waals surface area (Å²) >= 11 is 0. The Hall–Kier alpha value is -2.08. The number of ketones is 1. The van der Waals surface area contributed by atoms with E-state index in [4.69, 9.17) is 9.26 Å². The van der Waals surface area contributed by atoms with Crippen LogP contribution in [0.2, 0.25) is 0 Å². The van der Waals surface area contributed by atoms with Crippen LogP contribution in [-0.4, -0.2) is 34.6 Å². The number of hydrogen-bond acceptors (Lipinski definition) is 6. The minimum atomic E-state index is -0.0980. The lowest BCUT2D eigenvalue weighted by Crippen LogP contribution is -2.09. The van der Waals surface area contributed by atoms with E-state index in [1.54, 1.807) is 18.5 Å². The number of pyridine rings is 1. The summed E-state index contributed by atoms with van der Waals surface area (Å²) < 4.78 is 9.77. The zero-order chi connectivity index (χ0) is 13.0. The Morgan fingerprint density at radius 3 is 3.06 bits per heavy atom. The first-order chi connectivity index (χ1) is 8.70. The van der Waals surface area contributed by atoms with E-state index >= 15 is 0 Å². The third kappa shape index (κ3) is 2.78. The van der Waals surface area contributed by atoms with Gasteiger partial charge in [0, 0.05) is 25.1 Å². The third-order valence-corrected chi connectivity index (χ3v) is 2.38. The number of ether oxygens (including phenoxy) is 1. The average Bonchev–Trinajstić information content (AvgIpc) is 2.78. The van der Waals surface area contributed by atoms with Crippen molar-refractivity contribution in [2.75, 3.05) is 13.7 Å². The summed E-state index contributed by atoms with van der Waals surface area (Å²) in [5.41, 5.74) is 1.80. The second kappa shape index (κ2) is 5.50. The highest BCUT2D eigenvalue weighted by Gasteiger charge is 2.13. The molecule has 0 aliphatic rings. The first kappa shape index (κ1) is 12.4. The largest absolute Gasteiger partial charge is 0.377 e. The van der Waals surface area contributed by atoms with Crippen LogP contribution in [-0.2, 0) is 16.0 Å². The van der Waals surface area contributed by atoms with Crippen molar-refractivity contribution in [3.8, 4) is 11.4 Å². The van der Waals surface area contributed by atoms with Gasteiger partial charge in [-0.3, -0.25) is 9.78 Å². The number of aryl methyl sites for hydroxylation is 1. The quantitative estimate of drug-likeness (QED) is 0.790. The van der Waals surface area contributed by atoms with Crippen molar-refractivity contribution in [1.82, 2.24) is 15.1 Å². The Bertz CT molecular complexity index is 551. The van der Waals surface area contributed by atoms with Crippen LogP contribution in [0.25, 0.3) is 11.4 Å². The summed E-state index contributed by atoms with van der Waals surface area (Å²) in [5, 5.41) is 3.85. The van der Waals surface area contributed by atoms with Crippen LogP contribution in [0.1, 0.15) is 11.5 Å². The highest BCUT2D eigenvalue weighted by molar-refractivity contribution is 5.81. The predicted molar refractivity (Wildman–Crippen MR) is 62.9 cm³/mol. The zero-order valence-electron chi connectivity index (χ0n) is 10.2. The Kier molecular flexibility index (Phi) is 3.78. The fourth-order valence-corrected chi connectivity index (χ4v) is 1.54. The highest BCUT2D eigenvalue weighted by atomic mass is 16.5. The van der Waals surface area contributed by atoms with Gasteiger partial charge in [-0.15, -0.1) is 0 Å². The molecule has 2 rings (SSSR count). The molecule has 0 saturated heterocycles. The van der Waals surface area contributed by atoms with Gasteiger partial charge in [0.1, 0.15) is 6.61 Å². The van der Waals surface area contributed by atoms with Gasteiger partial charge < -0.3 is 9.26 Å². The molecule has 0 aliphatic carbocycles. The summed E-state index contributed by atoms with van der Waals surface area (Å²) in [6.45, 7) is 1.96. The number of methoxy groups -OCH3 is 1. The molecule has 0 spiro atoms. The molecule has 0 aromatic carbocycles. The van der Waals surface area contributed by atoms with Crippen molar-refractivity contribution in [1.29, 1.82) is 0 Å². The Labute approximate surface area is 104 Å². The van der Waals surface area contributed by atoms with Crippen LogP contribution < -0.4 is 0 Å². The summed E-state index contributed by atoms with van der Waals surface area (Å²) in [7, 11) is 1.47. The van der Waals surface area contributed by atoms with E-state index in [0.717, 1.165) is 11.1 Å². The number of hydrogen-bond donors (Lipinski definition) is 0. The molecule has 0 amide bonds. The van der Waals surface area contributed by atoms with Gasteiger partial charge in [0.05, 0.1) is 6.42 Å². The number of aromatic nitrogens is 3. The van der Waals surface area contributed by atoms with Gasteiger partial charge in [-0.2, -0.15) is 4.98 Å². The molecule has 0 aliphatic heterocycles. The molecule has 18 heavy (non-hydrogen) atoms. The minimum Gasteiger partial charge on any atom is -0.377 e. The number of rotatable bonds is 5. The highest BCUT2D eigenvalue weighted by Crippen LogP contribution is 2.18. The van der Waals surface area contributed by atoms with Gasteiger partial charge in [-0.05, 0) is 18.6 Å². The molecule has 0 N–H and O–H groups in total. The Morgan fingerprint density at radius 1 is 1.50 bits per heavy atom.